The molecule has 1 aromatic heterocycles. The third-order valence-electron chi connectivity index (χ3n) is 7.57. The summed E-state index contributed by atoms with van der Waals surface area (Å²) in [6.07, 6.45) is 8.97. The van der Waals surface area contributed by atoms with Gasteiger partial charge in [0.25, 0.3) is 0 Å². The lowest BCUT2D eigenvalue weighted by Crippen LogP contribution is -2.33. The van der Waals surface area contributed by atoms with E-state index < -0.39 is 12.1 Å². The molecule has 1 aromatic carbocycles. The molecular formula is C27H36F3N3O4. The third-order valence-corrected chi connectivity index (χ3v) is 7.57. The van der Waals surface area contributed by atoms with Crippen molar-refractivity contribution in [2.45, 2.75) is 95.3 Å². The Morgan fingerprint density at radius 3 is 2.22 bits per heavy atom. The lowest BCUT2D eigenvalue weighted by Gasteiger charge is -2.33. The van der Waals surface area contributed by atoms with Crippen LogP contribution in [0.15, 0.2) is 28.7 Å². The maximum absolute atomic E-state index is 10.6. The molecule has 2 saturated carbocycles. The minimum absolute atomic E-state index is 0.252. The average Bonchev–Trinajstić information content (AvgIpc) is 3.32. The lowest BCUT2D eigenvalue weighted by molar-refractivity contribution is -0.192. The molecule has 0 spiro atoms. The topological polar surface area (TPSA) is 88.7 Å². The average molecular weight is 524 g/mol. The van der Waals surface area contributed by atoms with Gasteiger partial charge in [0.15, 0.2) is 0 Å². The van der Waals surface area contributed by atoms with Crippen LogP contribution in [0.2, 0.25) is 0 Å². The highest BCUT2D eigenvalue weighted by Crippen LogP contribution is 2.38. The van der Waals surface area contributed by atoms with E-state index in [9.17, 15) is 13.2 Å². The number of carbonyl (C=O) groups is 1. The normalized spacial score (nSPS) is 21.5. The molecule has 3 fully saturated rings. The molecule has 37 heavy (non-hydrogen) atoms. The SMILES string of the molecule is O=C(O)C(F)(F)F.c1cc(OCC2CCCCC2)ccc1CN1CCCCC1c1nnc(C2CCC2)o1. The number of hydrogen-bond donors (Lipinski definition) is 1. The fourth-order valence-electron chi connectivity index (χ4n) is 5.15. The zero-order valence-electron chi connectivity index (χ0n) is 21.1. The van der Waals surface area contributed by atoms with E-state index in [0.29, 0.717) is 5.92 Å². The summed E-state index contributed by atoms with van der Waals surface area (Å²) in [6.45, 7) is 2.88. The van der Waals surface area contributed by atoms with E-state index in [1.165, 1.54) is 69.8 Å². The Kier molecular flexibility index (Phi) is 9.45. The number of carboxylic acid groups (broad SMARTS) is 1. The predicted molar refractivity (Wildman–Crippen MR) is 130 cm³/mol. The molecule has 10 heteroatoms. The minimum Gasteiger partial charge on any atom is -0.493 e. The van der Waals surface area contributed by atoms with E-state index in [4.69, 9.17) is 19.1 Å². The van der Waals surface area contributed by atoms with E-state index in [1.807, 2.05) is 0 Å². The number of rotatable bonds is 7. The van der Waals surface area contributed by atoms with Gasteiger partial charge in [-0.25, -0.2) is 4.79 Å². The molecule has 1 saturated heterocycles. The van der Waals surface area contributed by atoms with Crippen LogP contribution >= 0.6 is 0 Å². The van der Waals surface area contributed by atoms with E-state index in [-0.39, 0.29) is 6.04 Å². The van der Waals surface area contributed by atoms with Gasteiger partial charge in [-0.15, -0.1) is 10.2 Å². The first kappa shape index (κ1) is 27.4. The molecule has 2 aliphatic carbocycles. The van der Waals surface area contributed by atoms with Gasteiger partial charge >= 0.3 is 12.1 Å². The molecule has 3 aliphatic rings. The molecule has 2 aromatic rings. The van der Waals surface area contributed by atoms with E-state index in [2.05, 4.69) is 39.4 Å². The van der Waals surface area contributed by atoms with E-state index in [0.717, 1.165) is 49.6 Å². The Morgan fingerprint density at radius 1 is 0.946 bits per heavy atom. The molecule has 5 rings (SSSR count). The second kappa shape index (κ2) is 12.8. The first-order chi connectivity index (χ1) is 17.8. The van der Waals surface area contributed by atoms with E-state index in [1.54, 1.807) is 0 Å². The first-order valence-corrected chi connectivity index (χ1v) is 13.4. The van der Waals surface area contributed by atoms with Crippen LogP contribution in [-0.2, 0) is 11.3 Å². The van der Waals surface area contributed by atoms with Gasteiger partial charge < -0.3 is 14.3 Å². The summed E-state index contributed by atoms with van der Waals surface area (Å²) in [5, 5.41) is 15.9. The summed E-state index contributed by atoms with van der Waals surface area (Å²) in [7, 11) is 0. The quantitative estimate of drug-likeness (QED) is 0.434. The Balaban J connectivity index is 0.000000405. The fraction of sp³-hybridized carbons (Fsp3) is 0.667. The second-order valence-corrected chi connectivity index (χ2v) is 10.4. The van der Waals surface area contributed by atoms with Crippen molar-refractivity contribution in [2.75, 3.05) is 13.2 Å². The highest BCUT2D eigenvalue weighted by atomic mass is 19.4. The van der Waals surface area contributed by atoms with Gasteiger partial charge in [0, 0.05) is 12.5 Å². The van der Waals surface area contributed by atoms with Gasteiger partial charge in [-0.05, 0) is 68.7 Å². The molecule has 0 bridgehead atoms. The van der Waals surface area contributed by atoms with Gasteiger partial charge in [-0.3, -0.25) is 4.90 Å². The summed E-state index contributed by atoms with van der Waals surface area (Å²) < 4.78 is 43.9. The van der Waals surface area contributed by atoms with Crippen molar-refractivity contribution in [3.8, 4) is 5.75 Å². The molecule has 1 N–H and O–H groups in total. The summed E-state index contributed by atoms with van der Waals surface area (Å²) >= 11 is 0. The molecule has 2 heterocycles. The fourth-order valence-corrected chi connectivity index (χ4v) is 5.15. The van der Waals surface area contributed by atoms with Crippen molar-refractivity contribution in [3.63, 3.8) is 0 Å². The van der Waals surface area contributed by atoms with Crippen LogP contribution in [-0.4, -0.2) is 45.5 Å². The molecule has 1 aliphatic heterocycles. The maximum Gasteiger partial charge on any atom is 0.490 e. The van der Waals surface area contributed by atoms with Crippen LogP contribution in [0, 0.1) is 5.92 Å². The zero-order chi connectivity index (χ0) is 26.3. The van der Waals surface area contributed by atoms with E-state index >= 15 is 0 Å². The van der Waals surface area contributed by atoms with Crippen LogP contribution in [0.5, 0.6) is 5.75 Å². The lowest BCUT2D eigenvalue weighted by atomic mass is 9.85. The highest BCUT2D eigenvalue weighted by Gasteiger charge is 2.38. The molecule has 0 radical (unpaired) electrons. The molecule has 1 atom stereocenters. The highest BCUT2D eigenvalue weighted by molar-refractivity contribution is 5.73. The van der Waals surface area contributed by atoms with Gasteiger partial charge in [0.05, 0.1) is 12.6 Å². The smallest absolute Gasteiger partial charge is 0.490 e. The van der Waals surface area contributed by atoms with Crippen LogP contribution in [0.4, 0.5) is 13.2 Å². The number of hydrogen-bond acceptors (Lipinski definition) is 6. The third kappa shape index (κ3) is 7.93. The van der Waals surface area contributed by atoms with Crippen LogP contribution in [0.3, 0.4) is 0 Å². The van der Waals surface area contributed by atoms with Crippen molar-refractivity contribution in [1.82, 2.24) is 15.1 Å². The number of likely N-dealkylation sites (tertiary alicyclic amines) is 1. The summed E-state index contributed by atoms with van der Waals surface area (Å²) in [4.78, 5) is 11.4. The van der Waals surface area contributed by atoms with Crippen molar-refractivity contribution < 1.29 is 32.2 Å². The predicted octanol–water partition coefficient (Wildman–Crippen LogP) is 6.66. The molecule has 0 amide bonds. The van der Waals surface area contributed by atoms with Gasteiger partial charge in [0.2, 0.25) is 11.8 Å². The standard InChI is InChI=1S/C25H35N3O2.C2HF3O2/c1-2-7-20(8-3-1)18-29-22-14-12-19(13-15-22)17-28-16-5-4-11-23(28)25-27-26-24(30-25)21-9-6-10-21;3-2(4,5)1(6)7/h12-15,20-21,23H,1-11,16-18H2;(H,6,7). The minimum atomic E-state index is -5.08. The summed E-state index contributed by atoms with van der Waals surface area (Å²) in [5.74, 6) is 1.18. The van der Waals surface area contributed by atoms with Crippen LogP contribution in [0.25, 0.3) is 0 Å². The number of aliphatic carboxylic acids is 1. The van der Waals surface area contributed by atoms with Crippen molar-refractivity contribution in [2.24, 2.45) is 5.92 Å². The molecule has 7 nitrogen and oxygen atoms in total. The number of benzene rings is 1. The van der Waals surface area contributed by atoms with Crippen LogP contribution < -0.4 is 4.74 Å². The van der Waals surface area contributed by atoms with Crippen molar-refractivity contribution in [3.05, 3.63) is 41.6 Å². The Labute approximate surface area is 215 Å². The first-order valence-electron chi connectivity index (χ1n) is 13.4. The van der Waals surface area contributed by atoms with Crippen molar-refractivity contribution in [1.29, 1.82) is 0 Å². The number of halogens is 3. The largest absolute Gasteiger partial charge is 0.493 e. The number of carboxylic acids is 1. The Morgan fingerprint density at radius 2 is 1.59 bits per heavy atom. The summed E-state index contributed by atoms with van der Waals surface area (Å²) in [6, 6.07) is 8.96. The molecular weight excluding hydrogens is 487 g/mol. The number of nitrogens with zero attached hydrogens (tertiary/aromatic N) is 3. The van der Waals surface area contributed by atoms with Gasteiger partial charge in [-0.1, -0.05) is 44.2 Å². The number of alkyl halides is 3. The molecule has 204 valence electrons. The zero-order valence-corrected chi connectivity index (χ0v) is 21.1. The summed E-state index contributed by atoms with van der Waals surface area (Å²) in [5.41, 5.74) is 1.32. The molecule has 1 unspecified atom stereocenters. The monoisotopic (exact) mass is 523 g/mol. The Bertz CT molecular complexity index is 986. The number of aromatic nitrogens is 2. The van der Waals surface area contributed by atoms with Gasteiger partial charge in [0.1, 0.15) is 5.75 Å². The number of piperidine rings is 1. The Hall–Kier alpha value is -2.62. The van der Waals surface area contributed by atoms with Crippen LogP contribution in [0.1, 0.15) is 99.9 Å². The van der Waals surface area contributed by atoms with Crippen molar-refractivity contribution >= 4 is 5.97 Å². The second-order valence-electron chi connectivity index (χ2n) is 10.4. The van der Waals surface area contributed by atoms with Gasteiger partial charge in [-0.2, -0.15) is 13.2 Å². The number of ether oxygens (including phenoxy) is 1. The maximum atomic E-state index is 10.6.